The van der Waals surface area contributed by atoms with Gasteiger partial charge in [0.25, 0.3) is 5.56 Å². The van der Waals surface area contributed by atoms with Crippen molar-refractivity contribution in [3.8, 4) is 0 Å². The molecule has 2 amide bonds. The minimum absolute atomic E-state index is 0.000354. The first-order chi connectivity index (χ1) is 18.1. The molecule has 1 atom stereocenters. The monoisotopic (exact) mass is 526 g/mol. The number of hydrogen-bond acceptors (Lipinski definition) is 6. The number of benzene rings is 1. The zero-order valence-corrected chi connectivity index (χ0v) is 22.3. The number of ether oxygens (including phenoxy) is 1. The Morgan fingerprint density at radius 3 is 2.57 bits per heavy atom. The highest BCUT2D eigenvalue weighted by Gasteiger charge is 2.28. The lowest BCUT2D eigenvalue weighted by atomic mass is 9.81. The number of carbonyl (C=O) groups excluding carboxylic acids is 2. The van der Waals surface area contributed by atoms with Crippen LogP contribution in [0.4, 0.5) is 0 Å². The zero-order valence-electron chi connectivity index (χ0n) is 21.5. The van der Waals surface area contributed by atoms with Crippen LogP contribution in [0.15, 0.2) is 34.2 Å². The number of rotatable bonds is 9. The maximum Gasteiger partial charge on any atom is 0.262 e. The Morgan fingerprint density at radius 2 is 1.81 bits per heavy atom. The first-order valence-electron chi connectivity index (χ1n) is 13.9. The van der Waals surface area contributed by atoms with Crippen LogP contribution in [-0.4, -0.2) is 52.4 Å². The number of fused-ring (bicyclic) bond motifs is 1. The average molecular weight is 527 g/mol. The van der Waals surface area contributed by atoms with E-state index in [0.717, 1.165) is 58.0 Å². The molecule has 9 heteroatoms. The number of nitrogens with one attached hydrogen (secondary N) is 2. The van der Waals surface area contributed by atoms with E-state index in [0.29, 0.717) is 35.1 Å². The summed E-state index contributed by atoms with van der Waals surface area (Å²) in [5, 5.41) is 7.40. The van der Waals surface area contributed by atoms with E-state index in [1.165, 1.54) is 24.6 Å². The highest BCUT2D eigenvalue weighted by Crippen LogP contribution is 2.31. The van der Waals surface area contributed by atoms with Crippen molar-refractivity contribution >= 4 is 34.5 Å². The normalized spacial score (nSPS) is 24.4. The molecule has 2 aromatic rings. The van der Waals surface area contributed by atoms with Gasteiger partial charge in [-0.3, -0.25) is 19.0 Å². The largest absolute Gasteiger partial charge is 0.376 e. The van der Waals surface area contributed by atoms with Gasteiger partial charge >= 0.3 is 0 Å². The lowest BCUT2D eigenvalue weighted by Crippen LogP contribution is -2.38. The summed E-state index contributed by atoms with van der Waals surface area (Å²) in [6.07, 6.45) is 10.1. The molecule has 200 valence electrons. The summed E-state index contributed by atoms with van der Waals surface area (Å²) in [6.45, 7) is 1.96. The lowest BCUT2D eigenvalue weighted by Gasteiger charge is -2.29. The molecule has 3 fully saturated rings. The first-order valence-corrected chi connectivity index (χ1v) is 14.9. The number of thioether (sulfide) groups is 1. The van der Waals surface area contributed by atoms with Gasteiger partial charge in [0, 0.05) is 31.7 Å². The molecule has 1 aliphatic heterocycles. The molecule has 1 aromatic carbocycles. The predicted octanol–water partition coefficient (Wildman–Crippen LogP) is 3.65. The van der Waals surface area contributed by atoms with Crippen LogP contribution in [0.3, 0.4) is 0 Å². The Morgan fingerprint density at radius 1 is 1.03 bits per heavy atom. The minimum Gasteiger partial charge on any atom is -0.376 e. The second kappa shape index (κ2) is 12.4. The van der Waals surface area contributed by atoms with E-state index in [-0.39, 0.29) is 41.2 Å². The molecule has 5 rings (SSSR count). The van der Waals surface area contributed by atoms with Gasteiger partial charge in [-0.1, -0.05) is 36.7 Å². The van der Waals surface area contributed by atoms with Crippen LogP contribution in [0.25, 0.3) is 10.9 Å². The van der Waals surface area contributed by atoms with Crippen molar-refractivity contribution in [2.75, 3.05) is 18.9 Å². The Bertz CT molecular complexity index is 1150. The molecule has 0 radical (unpaired) electrons. The molecule has 3 aliphatic rings. The molecule has 0 unspecified atom stereocenters. The van der Waals surface area contributed by atoms with Gasteiger partial charge in [0.2, 0.25) is 11.8 Å². The van der Waals surface area contributed by atoms with Crippen LogP contribution in [0.1, 0.15) is 64.2 Å². The molecule has 0 bridgehead atoms. The van der Waals surface area contributed by atoms with Gasteiger partial charge in [-0.2, -0.15) is 0 Å². The van der Waals surface area contributed by atoms with E-state index in [9.17, 15) is 14.4 Å². The van der Waals surface area contributed by atoms with Gasteiger partial charge in [-0.25, -0.2) is 4.98 Å². The van der Waals surface area contributed by atoms with E-state index < -0.39 is 0 Å². The molecule has 37 heavy (non-hydrogen) atoms. The van der Waals surface area contributed by atoms with Gasteiger partial charge in [0.15, 0.2) is 5.16 Å². The first kappa shape index (κ1) is 26.2. The molecule has 0 spiro atoms. The summed E-state index contributed by atoms with van der Waals surface area (Å²) < 4.78 is 7.38. The minimum atomic E-state index is -0.0549. The second-order valence-corrected chi connectivity index (χ2v) is 11.7. The van der Waals surface area contributed by atoms with Gasteiger partial charge in [-0.15, -0.1) is 0 Å². The smallest absolute Gasteiger partial charge is 0.262 e. The molecule has 8 nitrogen and oxygen atoms in total. The second-order valence-electron chi connectivity index (χ2n) is 10.8. The number of carbonyl (C=O) groups is 2. The van der Waals surface area contributed by atoms with E-state index in [1.54, 1.807) is 4.57 Å². The molecular formula is C28H38N4O4S. The topological polar surface area (TPSA) is 102 Å². The van der Waals surface area contributed by atoms with Gasteiger partial charge in [0.1, 0.15) is 0 Å². The summed E-state index contributed by atoms with van der Waals surface area (Å²) in [7, 11) is 0. The third kappa shape index (κ3) is 6.74. The van der Waals surface area contributed by atoms with Crippen LogP contribution in [0.2, 0.25) is 0 Å². The maximum atomic E-state index is 13.5. The number of hydrogen-bond donors (Lipinski definition) is 2. The standard InChI is InChI=1S/C28H38N4O4S/c33-25(30-21-6-1-2-7-21)18-37-28-31-24-10-4-3-9-23(24)27(35)32(28)17-19-11-13-20(14-12-19)26(34)29-16-22-8-5-15-36-22/h3-4,9-10,19-22H,1-2,5-8,11-18H2,(H,29,34)(H,30,33)/t19?,20?,22-/m1/s1. The number of nitrogens with zero attached hydrogens (tertiary/aromatic N) is 2. The van der Waals surface area contributed by atoms with Crippen molar-refractivity contribution < 1.29 is 14.3 Å². The average Bonchev–Trinajstić information content (AvgIpc) is 3.63. The summed E-state index contributed by atoms with van der Waals surface area (Å²) >= 11 is 1.34. The fourth-order valence-corrected chi connectivity index (χ4v) is 6.74. The Labute approximate surface area is 222 Å². The molecule has 2 N–H and O–H groups in total. The Hall–Kier alpha value is -2.39. The fourth-order valence-electron chi connectivity index (χ4n) is 5.92. The summed E-state index contributed by atoms with van der Waals surface area (Å²) in [4.78, 5) is 43.5. The third-order valence-electron chi connectivity index (χ3n) is 8.07. The summed E-state index contributed by atoms with van der Waals surface area (Å²) in [5.74, 6) is 0.703. The molecule has 1 saturated heterocycles. The maximum absolute atomic E-state index is 13.5. The lowest BCUT2D eigenvalue weighted by molar-refractivity contribution is -0.126. The van der Waals surface area contributed by atoms with Crippen LogP contribution in [0.5, 0.6) is 0 Å². The molecule has 2 heterocycles. The van der Waals surface area contributed by atoms with Crippen LogP contribution < -0.4 is 16.2 Å². The SMILES string of the molecule is O=C(CSc1nc2ccccc2c(=O)n1CC1CCC(C(=O)NC[C@H]2CCCO2)CC1)NC1CCCC1. The fraction of sp³-hybridized carbons (Fsp3) is 0.643. The van der Waals surface area contributed by atoms with Crippen LogP contribution >= 0.6 is 11.8 Å². The van der Waals surface area contributed by atoms with Gasteiger partial charge in [0.05, 0.1) is 22.8 Å². The van der Waals surface area contributed by atoms with Crippen LogP contribution in [0, 0.1) is 11.8 Å². The number of aromatic nitrogens is 2. The molecule has 2 aliphatic carbocycles. The van der Waals surface area contributed by atoms with Crippen molar-refractivity contribution in [3.63, 3.8) is 0 Å². The van der Waals surface area contributed by atoms with Gasteiger partial charge < -0.3 is 15.4 Å². The molecule has 2 saturated carbocycles. The quantitative estimate of drug-likeness (QED) is 0.382. The zero-order chi connectivity index (χ0) is 25.6. The van der Waals surface area contributed by atoms with Crippen molar-refractivity contribution in [3.05, 3.63) is 34.6 Å². The van der Waals surface area contributed by atoms with E-state index in [1.807, 2.05) is 24.3 Å². The highest BCUT2D eigenvalue weighted by molar-refractivity contribution is 7.99. The Balaban J connectivity index is 1.21. The van der Waals surface area contributed by atoms with Gasteiger partial charge in [-0.05, 0) is 69.4 Å². The predicted molar refractivity (Wildman–Crippen MR) is 145 cm³/mol. The number of para-hydroxylation sites is 1. The Kier molecular flexibility index (Phi) is 8.81. The van der Waals surface area contributed by atoms with Crippen molar-refractivity contribution in [2.24, 2.45) is 11.8 Å². The van der Waals surface area contributed by atoms with Crippen molar-refractivity contribution in [1.29, 1.82) is 0 Å². The highest BCUT2D eigenvalue weighted by atomic mass is 32.2. The molecular weight excluding hydrogens is 488 g/mol. The molecule has 1 aromatic heterocycles. The van der Waals surface area contributed by atoms with E-state index in [2.05, 4.69) is 10.6 Å². The van der Waals surface area contributed by atoms with Crippen molar-refractivity contribution in [2.45, 2.75) is 88.1 Å². The van der Waals surface area contributed by atoms with Crippen molar-refractivity contribution in [1.82, 2.24) is 20.2 Å². The van der Waals surface area contributed by atoms with Crippen LogP contribution in [-0.2, 0) is 20.9 Å². The summed E-state index contributed by atoms with van der Waals surface area (Å²) in [6, 6.07) is 7.68. The number of amides is 2. The summed E-state index contributed by atoms with van der Waals surface area (Å²) in [5.41, 5.74) is 0.606. The van der Waals surface area contributed by atoms with E-state index >= 15 is 0 Å². The third-order valence-corrected chi connectivity index (χ3v) is 9.04. The van der Waals surface area contributed by atoms with E-state index in [4.69, 9.17) is 9.72 Å².